The van der Waals surface area contributed by atoms with Gasteiger partial charge in [-0.3, -0.25) is 0 Å². The molecule has 1 saturated carbocycles. The summed E-state index contributed by atoms with van der Waals surface area (Å²) in [6.07, 6.45) is 1.52. The molecule has 0 aromatic heterocycles. The van der Waals surface area contributed by atoms with E-state index >= 15 is 0 Å². The second-order valence-corrected chi connectivity index (χ2v) is 8.11. The van der Waals surface area contributed by atoms with Crippen LogP contribution in [0.3, 0.4) is 0 Å². The van der Waals surface area contributed by atoms with Gasteiger partial charge < -0.3 is 20.3 Å². The molecule has 5 rings (SSSR count). The molecule has 28 heavy (non-hydrogen) atoms. The zero-order chi connectivity index (χ0) is 19.5. The van der Waals surface area contributed by atoms with Gasteiger partial charge in [0.2, 0.25) is 0 Å². The molecule has 2 aliphatic heterocycles. The summed E-state index contributed by atoms with van der Waals surface area (Å²) in [5, 5.41) is 10.3. The van der Waals surface area contributed by atoms with Crippen LogP contribution in [0.5, 0.6) is 5.75 Å². The molecule has 146 valence electrons. The molecule has 1 unspecified atom stereocenters. The molecule has 4 atom stereocenters. The van der Waals surface area contributed by atoms with Crippen LogP contribution in [-0.2, 0) is 10.3 Å². The van der Waals surface area contributed by atoms with E-state index < -0.39 is 17.5 Å². The lowest BCUT2D eigenvalue weighted by Gasteiger charge is -2.47. The molecule has 0 saturated heterocycles. The second-order valence-electron chi connectivity index (χ2n) is 7.70. The number of ether oxygens (including phenoxy) is 2. The van der Waals surface area contributed by atoms with Gasteiger partial charge in [0.15, 0.2) is 0 Å². The Hall–Kier alpha value is -2.31. The van der Waals surface area contributed by atoms with E-state index in [9.17, 15) is 9.50 Å². The normalized spacial score (nSPS) is 30.8. The van der Waals surface area contributed by atoms with Crippen molar-refractivity contribution in [2.75, 3.05) is 6.61 Å². The zero-order valence-corrected chi connectivity index (χ0v) is 15.8. The Morgan fingerprint density at radius 3 is 2.89 bits per heavy atom. The molecule has 5 nitrogen and oxygen atoms in total. The standard InChI is InChI=1S/C21H20ClFN2O3/c22-16-3-1-2-13(19(16)23)11-4-6-17-14(8-11)21(10-27-20(24)25-21)15-9-12(26)5-7-18(15)28-17/h1-4,6,8,12,15,18,26H,5,7,9-10H2,(H2,24,25)/t12-,15-,18-,21?/m0/s1. The third-order valence-electron chi connectivity index (χ3n) is 6.11. The van der Waals surface area contributed by atoms with Crippen LogP contribution >= 0.6 is 11.6 Å². The highest BCUT2D eigenvalue weighted by Gasteiger charge is 2.55. The second kappa shape index (κ2) is 6.36. The van der Waals surface area contributed by atoms with Crippen molar-refractivity contribution >= 4 is 17.6 Å². The van der Waals surface area contributed by atoms with Gasteiger partial charge in [-0.15, -0.1) is 0 Å². The van der Waals surface area contributed by atoms with Gasteiger partial charge in [0, 0.05) is 17.0 Å². The van der Waals surface area contributed by atoms with Gasteiger partial charge >= 0.3 is 0 Å². The first-order chi connectivity index (χ1) is 13.5. The van der Waals surface area contributed by atoms with E-state index in [1.165, 1.54) is 6.07 Å². The number of aliphatic imine (C=N–C) groups is 1. The molecule has 1 aliphatic carbocycles. The Labute approximate surface area is 166 Å². The summed E-state index contributed by atoms with van der Waals surface area (Å²) in [4.78, 5) is 4.68. The highest BCUT2D eigenvalue weighted by Crippen LogP contribution is 2.53. The van der Waals surface area contributed by atoms with Crippen molar-refractivity contribution in [1.29, 1.82) is 0 Å². The first kappa shape index (κ1) is 17.8. The number of fused-ring (bicyclic) bond motifs is 4. The molecule has 2 aromatic carbocycles. The van der Waals surface area contributed by atoms with E-state index in [4.69, 9.17) is 26.8 Å². The average Bonchev–Trinajstić information content (AvgIpc) is 3.07. The number of rotatable bonds is 1. The fraction of sp³-hybridized carbons (Fsp3) is 0.381. The Morgan fingerprint density at radius 1 is 1.25 bits per heavy atom. The predicted molar refractivity (Wildman–Crippen MR) is 104 cm³/mol. The lowest BCUT2D eigenvalue weighted by molar-refractivity contribution is -0.0359. The number of hydrogen-bond acceptors (Lipinski definition) is 5. The summed E-state index contributed by atoms with van der Waals surface area (Å²) in [5.41, 5.74) is 7.05. The van der Waals surface area contributed by atoms with Crippen LogP contribution < -0.4 is 10.5 Å². The summed E-state index contributed by atoms with van der Waals surface area (Å²) in [5.74, 6) is 0.168. The predicted octanol–water partition coefficient (Wildman–Crippen LogP) is 3.61. The van der Waals surface area contributed by atoms with E-state index in [2.05, 4.69) is 4.99 Å². The van der Waals surface area contributed by atoms with E-state index in [0.29, 0.717) is 29.7 Å². The molecular formula is C21H20ClFN2O3. The highest BCUT2D eigenvalue weighted by molar-refractivity contribution is 6.31. The van der Waals surface area contributed by atoms with Crippen molar-refractivity contribution in [2.24, 2.45) is 16.6 Å². The van der Waals surface area contributed by atoms with Crippen LogP contribution in [-0.4, -0.2) is 29.9 Å². The molecule has 2 aromatic rings. The zero-order valence-electron chi connectivity index (χ0n) is 15.1. The molecule has 0 amide bonds. The van der Waals surface area contributed by atoms with Crippen molar-refractivity contribution in [1.82, 2.24) is 0 Å². The largest absolute Gasteiger partial charge is 0.490 e. The minimum absolute atomic E-state index is 0.0655. The topological polar surface area (TPSA) is 77.1 Å². The van der Waals surface area contributed by atoms with Gasteiger partial charge in [-0.25, -0.2) is 9.38 Å². The first-order valence-electron chi connectivity index (χ1n) is 9.40. The van der Waals surface area contributed by atoms with Gasteiger partial charge in [-0.1, -0.05) is 29.8 Å². The maximum Gasteiger partial charge on any atom is 0.283 e. The maximum atomic E-state index is 14.6. The van der Waals surface area contributed by atoms with Crippen LogP contribution in [0.25, 0.3) is 11.1 Å². The number of hydrogen-bond donors (Lipinski definition) is 2. The lowest BCUT2D eigenvalue weighted by atomic mass is 9.67. The van der Waals surface area contributed by atoms with Crippen molar-refractivity contribution in [3.05, 3.63) is 52.8 Å². The number of nitrogens with zero attached hydrogens (tertiary/aromatic N) is 1. The number of aliphatic hydroxyl groups excluding tert-OH is 1. The van der Waals surface area contributed by atoms with Gasteiger partial charge in [-0.2, -0.15) is 0 Å². The van der Waals surface area contributed by atoms with Gasteiger partial charge in [0.05, 0.1) is 11.1 Å². The van der Waals surface area contributed by atoms with Gasteiger partial charge in [0.25, 0.3) is 6.02 Å². The van der Waals surface area contributed by atoms with Crippen LogP contribution in [0.1, 0.15) is 24.8 Å². The molecule has 0 bridgehead atoms. The minimum Gasteiger partial charge on any atom is -0.490 e. The van der Waals surface area contributed by atoms with Crippen molar-refractivity contribution in [3.8, 4) is 16.9 Å². The van der Waals surface area contributed by atoms with Gasteiger partial charge in [-0.05, 0) is 43.0 Å². The summed E-state index contributed by atoms with van der Waals surface area (Å²) in [7, 11) is 0. The minimum atomic E-state index is -0.741. The molecule has 7 heteroatoms. The Morgan fingerprint density at radius 2 is 2.11 bits per heavy atom. The quantitative estimate of drug-likeness (QED) is 0.764. The highest BCUT2D eigenvalue weighted by atomic mass is 35.5. The van der Waals surface area contributed by atoms with E-state index in [1.54, 1.807) is 12.1 Å². The Kier molecular flexibility index (Phi) is 4.03. The molecule has 3 aliphatic rings. The van der Waals surface area contributed by atoms with Crippen LogP contribution in [0, 0.1) is 11.7 Å². The van der Waals surface area contributed by atoms with E-state index in [1.807, 2.05) is 18.2 Å². The fourth-order valence-electron chi connectivity index (χ4n) is 4.77. The Balaban J connectivity index is 1.68. The third-order valence-corrected chi connectivity index (χ3v) is 6.40. The van der Waals surface area contributed by atoms with Crippen molar-refractivity contribution in [3.63, 3.8) is 0 Å². The fourth-order valence-corrected chi connectivity index (χ4v) is 4.94. The number of benzene rings is 2. The van der Waals surface area contributed by atoms with E-state index in [-0.39, 0.29) is 29.7 Å². The molecular weight excluding hydrogens is 383 g/mol. The molecule has 1 spiro atoms. The van der Waals surface area contributed by atoms with Crippen LogP contribution in [0.2, 0.25) is 5.02 Å². The first-order valence-corrected chi connectivity index (χ1v) is 9.77. The third kappa shape index (κ3) is 2.58. The summed E-state index contributed by atoms with van der Waals surface area (Å²) in [6, 6.07) is 10.6. The van der Waals surface area contributed by atoms with Crippen molar-refractivity contribution < 1.29 is 19.0 Å². The van der Waals surface area contributed by atoms with E-state index in [0.717, 1.165) is 12.0 Å². The molecule has 2 heterocycles. The number of halogens is 2. The maximum absolute atomic E-state index is 14.6. The summed E-state index contributed by atoms with van der Waals surface area (Å²) in [6.45, 7) is 0.282. The smallest absolute Gasteiger partial charge is 0.283 e. The van der Waals surface area contributed by atoms with Crippen LogP contribution in [0.15, 0.2) is 41.4 Å². The number of nitrogens with two attached hydrogens (primary N) is 1. The molecule has 3 N–H and O–H groups in total. The Bertz CT molecular complexity index is 982. The average molecular weight is 403 g/mol. The lowest BCUT2D eigenvalue weighted by Crippen LogP contribution is -2.51. The molecule has 1 fully saturated rings. The summed E-state index contributed by atoms with van der Waals surface area (Å²) >= 11 is 5.97. The monoisotopic (exact) mass is 402 g/mol. The number of aliphatic hydroxyl groups is 1. The SMILES string of the molecule is NC1=NC2(CO1)c1cc(-c3cccc(Cl)c3F)ccc1O[C@H]1CC[C@H](O)C[C@@H]12. The summed E-state index contributed by atoms with van der Waals surface area (Å²) < 4.78 is 26.4. The van der Waals surface area contributed by atoms with Crippen LogP contribution in [0.4, 0.5) is 4.39 Å². The van der Waals surface area contributed by atoms with Gasteiger partial charge in [0.1, 0.15) is 29.8 Å². The molecule has 0 radical (unpaired) electrons. The van der Waals surface area contributed by atoms with Crippen molar-refractivity contribution in [2.45, 2.75) is 37.0 Å². The number of amidine groups is 1.